The number of anilines is 1. The number of rotatable bonds is 8. The van der Waals surface area contributed by atoms with Crippen LogP contribution in [0.4, 0.5) is 5.69 Å². The first-order valence-electron chi connectivity index (χ1n) is 11.4. The first-order chi connectivity index (χ1) is 15.1. The fourth-order valence-electron chi connectivity index (χ4n) is 6.36. The van der Waals surface area contributed by atoms with E-state index in [2.05, 4.69) is 5.32 Å². The van der Waals surface area contributed by atoms with Crippen molar-refractivity contribution in [3.63, 3.8) is 0 Å². The van der Waals surface area contributed by atoms with Crippen molar-refractivity contribution in [3.8, 4) is 0 Å². The van der Waals surface area contributed by atoms with E-state index >= 15 is 0 Å². The Bertz CT molecular complexity index is 972. The van der Waals surface area contributed by atoms with Crippen molar-refractivity contribution in [1.82, 2.24) is 4.31 Å². The predicted molar refractivity (Wildman–Crippen MR) is 118 cm³/mol. The maximum absolute atomic E-state index is 12.9. The van der Waals surface area contributed by atoms with Crippen LogP contribution in [-0.2, 0) is 24.3 Å². The molecular formula is C23H32N2O6S. The first-order valence-corrected chi connectivity index (χ1v) is 12.8. The Morgan fingerprint density at radius 3 is 2.22 bits per heavy atom. The Kier molecular flexibility index (Phi) is 6.11. The number of benzene rings is 1. The number of aliphatic hydroxyl groups is 1. The van der Waals surface area contributed by atoms with Gasteiger partial charge in [-0.25, -0.2) is 8.42 Å². The van der Waals surface area contributed by atoms with E-state index in [1.807, 2.05) is 0 Å². The van der Waals surface area contributed by atoms with E-state index in [1.165, 1.54) is 28.6 Å². The summed E-state index contributed by atoms with van der Waals surface area (Å²) in [4.78, 5) is 25.4. The van der Waals surface area contributed by atoms with Gasteiger partial charge >= 0.3 is 5.97 Å². The molecule has 4 aliphatic rings. The highest BCUT2D eigenvalue weighted by Gasteiger charge is 2.60. The van der Waals surface area contributed by atoms with Gasteiger partial charge < -0.3 is 15.2 Å². The molecule has 0 aromatic heterocycles. The van der Waals surface area contributed by atoms with Crippen LogP contribution >= 0.6 is 0 Å². The van der Waals surface area contributed by atoms with Gasteiger partial charge in [0.25, 0.3) is 5.91 Å². The second-order valence-electron chi connectivity index (χ2n) is 9.70. The first kappa shape index (κ1) is 23.2. The summed E-state index contributed by atoms with van der Waals surface area (Å²) < 4.78 is 31.9. The van der Waals surface area contributed by atoms with E-state index < -0.39 is 33.6 Å². The lowest BCUT2D eigenvalue weighted by atomic mass is 9.48. The zero-order valence-corrected chi connectivity index (χ0v) is 19.5. The zero-order chi connectivity index (χ0) is 23.1. The molecule has 32 heavy (non-hydrogen) atoms. The molecule has 176 valence electrons. The highest BCUT2D eigenvalue weighted by molar-refractivity contribution is 7.89. The molecule has 0 radical (unpaired) electrons. The lowest BCUT2D eigenvalue weighted by Crippen LogP contribution is -2.58. The van der Waals surface area contributed by atoms with E-state index in [9.17, 15) is 23.1 Å². The standard InChI is InChI=1S/C23H32N2O6S/c1-3-25(4-2)32(29,30)19-7-5-18(6-8-19)24-20(26)14-31-21(27)22-10-16-9-17(11-22)13-23(28,12-16)15-22/h5-8,16-17,28H,3-4,9-15H2,1-2H3,(H,24,26). The highest BCUT2D eigenvalue weighted by atomic mass is 32.2. The lowest BCUT2D eigenvalue weighted by molar-refractivity contribution is -0.196. The molecule has 0 aliphatic heterocycles. The summed E-state index contributed by atoms with van der Waals surface area (Å²) in [5.41, 5.74) is -1.01. The number of hydrogen-bond donors (Lipinski definition) is 2. The Hall–Kier alpha value is -1.97. The average molecular weight is 465 g/mol. The minimum Gasteiger partial charge on any atom is -0.455 e. The maximum atomic E-state index is 12.9. The summed E-state index contributed by atoms with van der Waals surface area (Å²) in [6, 6.07) is 5.94. The third kappa shape index (κ3) is 4.30. The summed E-state index contributed by atoms with van der Waals surface area (Å²) in [7, 11) is -3.56. The molecule has 1 aromatic carbocycles. The quantitative estimate of drug-likeness (QED) is 0.572. The van der Waals surface area contributed by atoms with Gasteiger partial charge in [-0.1, -0.05) is 13.8 Å². The Morgan fingerprint density at radius 1 is 1.09 bits per heavy atom. The van der Waals surface area contributed by atoms with Crippen LogP contribution in [0.5, 0.6) is 0 Å². The smallest absolute Gasteiger partial charge is 0.312 e. The van der Waals surface area contributed by atoms with Crippen molar-refractivity contribution < 1.29 is 27.9 Å². The number of nitrogens with zero attached hydrogens (tertiary/aromatic N) is 1. The van der Waals surface area contributed by atoms with Gasteiger partial charge in [0.05, 0.1) is 15.9 Å². The van der Waals surface area contributed by atoms with Crippen LogP contribution < -0.4 is 5.32 Å². The minimum absolute atomic E-state index is 0.158. The van der Waals surface area contributed by atoms with Crippen molar-refractivity contribution in [2.45, 2.75) is 62.9 Å². The van der Waals surface area contributed by atoms with Gasteiger partial charge in [-0.2, -0.15) is 4.31 Å². The number of nitrogens with one attached hydrogen (secondary N) is 1. The van der Waals surface area contributed by atoms with Crippen molar-refractivity contribution in [2.24, 2.45) is 17.3 Å². The number of esters is 1. The molecule has 4 fully saturated rings. The molecule has 4 saturated carbocycles. The van der Waals surface area contributed by atoms with Crippen LogP contribution in [0.1, 0.15) is 52.4 Å². The van der Waals surface area contributed by atoms with Gasteiger partial charge in [0.1, 0.15) is 0 Å². The number of amides is 1. The van der Waals surface area contributed by atoms with E-state index in [-0.39, 0.29) is 10.9 Å². The molecule has 0 heterocycles. The van der Waals surface area contributed by atoms with E-state index in [0.29, 0.717) is 37.0 Å². The van der Waals surface area contributed by atoms with Crippen LogP contribution in [0.2, 0.25) is 0 Å². The van der Waals surface area contributed by atoms with Crippen LogP contribution in [0.15, 0.2) is 29.2 Å². The van der Waals surface area contributed by atoms with Gasteiger partial charge in [-0.15, -0.1) is 0 Å². The molecule has 4 aliphatic carbocycles. The van der Waals surface area contributed by atoms with Crippen LogP contribution in [-0.4, -0.2) is 55.0 Å². The summed E-state index contributed by atoms with van der Waals surface area (Å²) in [5, 5.41) is 13.4. The van der Waals surface area contributed by atoms with Crippen molar-refractivity contribution >= 4 is 27.6 Å². The van der Waals surface area contributed by atoms with Crippen molar-refractivity contribution in [3.05, 3.63) is 24.3 Å². The molecule has 0 spiro atoms. The summed E-state index contributed by atoms with van der Waals surface area (Å²) in [5.74, 6) is -0.162. The van der Waals surface area contributed by atoms with Crippen molar-refractivity contribution in [1.29, 1.82) is 0 Å². The Labute approximate surface area is 189 Å². The van der Waals surface area contributed by atoms with Crippen LogP contribution in [0.3, 0.4) is 0 Å². The third-order valence-corrected chi connectivity index (χ3v) is 9.34. The van der Waals surface area contributed by atoms with Crippen molar-refractivity contribution in [2.75, 3.05) is 25.0 Å². The van der Waals surface area contributed by atoms with E-state index in [1.54, 1.807) is 13.8 Å². The molecule has 9 heteroatoms. The normalized spacial score (nSPS) is 31.0. The monoisotopic (exact) mass is 464 g/mol. The molecule has 1 aromatic rings. The second kappa shape index (κ2) is 8.43. The fourth-order valence-corrected chi connectivity index (χ4v) is 7.82. The molecule has 2 N–H and O–H groups in total. The molecule has 2 atom stereocenters. The number of carbonyl (C=O) groups is 2. The highest BCUT2D eigenvalue weighted by Crippen LogP contribution is 2.61. The molecule has 2 unspecified atom stereocenters. The molecular weight excluding hydrogens is 432 g/mol. The molecule has 1 amide bonds. The summed E-state index contributed by atoms with van der Waals surface area (Å²) >= 11 is 0. The number of carbonyl (C=O) groups excluding carboxylic acids is 2. The fraction of sp³-hybridized carbons (Fsp3) is 0.652. The SMILES string of the molecule is CCN(CC)S(=O)(=O)c1ccc(NC(=O)COC(=O)C23CC4CC(CC(O)(C4)C2)C3)cc1. The number of hydrogen-bond acceptors (Lipinski definition) is 6. The lowest BCUT2D eigenvalue weighted by Gasteiger charge is -2.58. The molecule has 0 saturated heterocycles. The van der Waals surface area contributed by atoms with Gasteiger partial charge in [0.2, 0.25) is 10.0 Å². The summed E-state index contributed by atoms with van der Waals surface area (Å²) in [6.07, 6.45) is 4.48. The van der Waals surface area contributed by atoms with Crippen LogP contribution in [0, 0.1) is 17.3 Å². The topological polar surface area (TPSA) is 113 Å². The second-order valence-corrected chi connectivity index (χ2v) is 11.6. The Balaban J connectivity index is 1.33. The zero-order valence-electron chi connectivity index (χ0n) is 18.7. The Morgan fingerprint density at radius 2 is 1.69 bits per heavy atom. The predicted octanol–water partition coefficient (Wildman–Crippen LogP) is 2.53. The van der Waals surface area contributed by atoms with Gasteiger partial charge in [-0.05, 0) is 74.6 Å². The van der Waals surface area contributed by atoms with Crippen LogP contribution in [0.25, 0.3) is 0 Å². The van der Waals surface area contributed by atoms with Gasteiger partial charge in [-0.3, -0.25) is 9.59 Å². The average Bonchev–Trinajstić information content (AvgIpc) is 2.71. The molecule has 5 rings (SSSR count). The van der Waals surface area contributed by atoms with Gasteiger partial charge in [0, 0.05) is 18.8 Å². The third-order valence-electron chi connectivity index (χ3n) is 7.28. The molecule has 8 nitrogen and oxygen atoms in total. The number of sulfonamides is 1. The molecule has 4 bridgehead atoms. The summed E-state index contributed by atoms with van der Waals surface area (Å²) in [6.45, 7) is 3.90. The minimum atomic E-state index is -3.56. The van der Waals surface area contributed by atoms with E-state index in [4.69, 9.17) is 4.74 Å². The largest absolute Gasteiger partial charge is 0.455 e. The number of ether oxygens (including phenoxy) is 1. The maximum Gasteiger partial charge on any atom is 0.312 e. The van der Waals surface area contributed by atoms with E-state index in [0.717, 1.165) is 32.1 Å². The van der Waals surface area contributed by atoms with Gasteiger partial charge in [0.15, 0.2) is 6.61 Å².